The number of carbonyl (C=O) groups excluding carboxylic acids is 2. The highest BCUT2D eigenvalue weighted by atomic mass is 32.2. The summed E-state index contributed by atoms with van der Waals surface area (Å²) in [5.74, 6) is 0.867. The number of hydrogen-bond acceptors (Lipinski definition) is 4. The minimum absolute atomic E-state index is 0.0511. The number of benzene rings is 2. The second-order valence-electron chi connectivity index (χ2n) is 8.69. The number of carbonyl (C=O) groups is 2. The second-order valence-corrected chi connectivity index (χ2v) is 9.86. The van der Waals surface area contributed by atoms with Crippen LogP contribution in [0.25, 0.3) is 5.57 Å². The predicted molar refractivity (Wildman–Crippen MR) is 121 cm³/mol. The summed E-state index contributed by atoms with van der Waals surface area (Å²) < 4.78 is 5.28. The lowest BCUT2D eigenvalue weighted by Crippen LogP contribution is -2.54. The first kappa shape index (κ1) is 19.2. The molecule has 5 nitrogen and oxygen atoms in total. The molecule has 0 saturated carbocycles. The Bertz CT molecular complexity index is 1140. The van der Waals surface area contributed by atoms with Crippen molar-refractivity contribution < 1.29 is 14.3 Å². The Kier molecular flexibility index (Phi) is 3.94. The highest BCUT2D eigenvalue weighted by Gasteiger charge is 2.64. The summed E-state index contributed by atoms with van der Waals surface area (Å²) >= 11 is 1.42. The van der Waals surface area contributed by atoms with Crippen LogP contribution in [0.2, 0.25) is 0 Å². The van der Waals surface area contributed by atoms with Crippen LogP contribution in [0.1, 0.15) is 37.5 Å². The lowest BCUT2D eigenvalue weighted by Gasteiger charge is -2.40. The van der Waals surface area contributed by atoms with Crippen molar-refractivity contribution in [2.75, 3.05) is 22.7 Å². The van der Waals surface area contributed by atoms with Crippen LogP contribution >= 0.6 is 11.8 Å². The van der Waals surface area contributed by atoms with Gasteiger partial charge in [-0.05, 0) is 69.2 Å². The third kappa shape index (κ3) is 2.31. The number of methoxy groups -OCH3 is 1. The van der Waals surface area contributed by atoms with E-state index in [2.05, 4.69) is 39.0 Å². The third-order valence-corrected chi connectivity index (χ3v) is 7.59. The lowest BCUT2D eigenvalue weighted by molar-refractivity contribution is -0.124. The molecule has 0 aliphatic carbocycles. The van der Waals surface area contributed by atoms with Crippen molar-refractivity contribution in [3.63, 3.8) is 0 Å². The number of nitrogens with zero attached hydrogens (tertiary/aromatic N) is 2. The van der Waals surface area contributed by atoms with E-state index in [9.17, 15) is 9.59 Å². The van der Waals surface area contributed by atoms with Crippen LogP contribution in [0.4, 0.5) is 11.4 Å². The molecule has 3 aliphatic rings. The topological polar surface area (TPSA) is 49.9 Å². The normalized spacial score (nSPS) is 23.8. The summed E-state index contributed by atoms with van der Waals surface area (Å²) in [5, 5.41) is 0. The molecular weight excluding hydrogens is 396 g/mol. The van der Waals surface area contributed by atoms with E-state index in [1.54, 1.807) is 12.0 Å². The van der Waals surface area contributed by atoms with Gasteiger partial charge in [0, 0.05) is 16.8 Å². The molecule has 1 spiro atoms. The van der Waals surface area contributed by atoms with E-state index in [1.165, 1.54) is 11.8 Å². The van der Waals surface area contributed by atoms with E-state index in [0.29, 0.717) is 11.4 Å². The van der Waals surface area contributed by atoms with Gasteiger partial charge in [-0.25, -0.2) is 0 Å². The molecule has 154 valence electrons. The Hall–Kier alpha value is -2.73. The number of fused-ring (bicyclic) bond motifs is 1. The van der Waals surface area contributed by atoms with Gasteiger partial charge in [-0.2, -0.15) is 0 Å². The third-order valence-electron chi connectivity index (χ3n) is 6.21. The fourth-order valence-corrected chi connectivity index (χ4v) is 6.38. The molecular formula is C24H24N2O3S. The Morgan fingerprint density at radius 3 is 2.40 bits per heavy atom. The van der Waals surface area contributed by atoms with Gasteiger partial charge in [0.05, 0.1) is 24.1 Å². The molecule has 0 unspecified atom stereocenters. The number of aryl methyl sites for hydroxylation is 1. The van der Waals surface area contributed by atoms with E-state index in [1.807, 2.05) is 36.1 Å². The molecule has 0 radical (unpaired) electrons. The van der Waals surface area contributed by atoms with E-state index in [-0.39, 0.29) is 17.6 Å². The fourth-order valence-electron chi connectivity index (χ4n) is 5.05. The molecule has 0 N–H and O–H groups in total. The highest BCUT2D eigenvalue weighted by Crippen LogP contribution is 2.60. The molecule has 5 rings (SSSR count). The maximum absolute atomic E-state index is 14.1. The Labute approximate surface area is 180 Å². The standard InChI is InChI=1S/C24H24N2O3S/c1-14-10-18-15(2)12-23(3,4)26-21(18)19(11-14)24(22(26)28)25(20(27)13-30-24)16-6-8-17(29-5)9-7-16/h6-12H,13H2,1-5H3/t24-/m0/s1. The van der Waals surface area contributed by atoms with E-state index in [0.717, 1.165) is 28.0 Å². The first-order valence-electron chi connectivity index (χ1n) is 10.0. The van der Waals surface area contributed by atoms with Gasteiger partial charge in [-0.3, -0.25) is 19.4 Å². The average Bonchev–Trinajstić information content (AvgIpc) is 3.17. The summed E-state index contributed by atoms with van der Waals surface area (Å²) in [6.07, 6.45) is 2.15. The summed E-state index contributed by atoms with van der Waals surface area (Å²) in [7, 11) is 1.61. The van der Waals surface area contributed by atoms with Gasteiger partial charge in [0.15, 0.2) is 0 Å². The van der Waals surface area contributed by atoms with Crippen LogP contribution in [0.15, 0.2) is 42.5 Å². The molecule has 2 amide bonds. The van der Waals surface area contributed by atoms with Crippen LogP contribution < -0.4 is 14.5 Å². The van der Waals surface area contributed by atoms with Gasteiger partial charge in [0.2, 0.25) is 10.8 Å². The molecule has 1 atom stereocenters. The monoisotopic (exact) mass is 420 g/mol. The smallest absolute Gasteiger partial charge is 0.269 e. The Balaban J connectivity index is 1.79. The largest absolute Gasteiger partial charge is 0.497 e. The van der Waals surface area contributed by atoms with Crippen LogP contribution in [0, 0.1) is 6.92 Å². The molecule has 0 aromatic heterocycles. The molecule has 1 saturated heterocycles. The van der Waals surface area contributed by atoms with Crippen molar-refractivity contribution in [2.24, 2.45) is 0 Å². The molecule has 2 aromatic carbocycles. The Morgan fingerprint density at radius 2 is 1.73 bits per heavy atom. The summed E-state index contributed by atoms with van der Waals surface area (Å²) in [6, 6.07) is 11.6. The maximum Gasteiger partial charge on any atom is 0.269 e. The number of rotatable bonds is 2. The number of anilines is 2. The highest BCUT2D eigenvalue weighted by molar-refractivity contribution is 8.02. The van der Waals surface area contributed by atoms with Crippen LogP contribution in [0.5, 0.6) is 5.75 Å². The molecule has 3 aliphatic heterocycles. The number of amides is 2. The summed E-state index contributed by atoms with van der Waals surface area (Å²) in [6.45, 7) is 8.25. The van der Waals surface area contributed by atoms with Crippen molar-refractivity contribution in [2.45, 2.75) is 38.1 Å². The van der Waals surface area contributed by atoms with Crippen LogP contribution in [-0.4, -0.2) is 30.2 Å². The number of ether oxygens (including phenoxy) is 1. The van der Waals surface area contributed by atoms with Crippen molar-refractivity contribution in [3.8, 4) is 5.75 Å². The zero-order valence-corrected chi connectivity index (χ0v) is 18.6. The molecule has 2 aromatic rings. The molecule has 1 fully saturated rings. The van der Waals surface area contributed by atoms with Crippen molar-refractivity contribution >= 4 is 40.5 Å². The molecule has 0 bridgehead atoms. The van der Waals surface area contributed by atoms with E-state index in [4.69, 9.17) is 4.74 Å². The minimum Gasteiger partial charge on any atom is -0.497 e. The molecule has 30 heavy (non-hydrogen) atoms. The van der Waals surface area contributed by atoms with Crippen LogP contribution in [-0.2, 0) is 14.5 Å². The van der Waals surface area contributed by atoms with Gasteiger partial charge < -0.3 is 4.74 Å². The SMILES string of the molecule is COc1ccc(N2C(=O)CS[C@@]23C(=O)N2c4c(cc(C)cc43)C(C)=CC2(C)C)cc1. The fraction of sp³-hybridized carbons (Fsp3) is 0.333. The number of thioether (sulfide) groups is 1. The van der Waals surface area contributed by atoms with E-state index >= 15 is 0 Å². The van der Waals surface area contributed by atoms with E-state index < -0.39 is 10.4 Å². The maximum atomic E-state index is 14.1. The first-order chi connectivity index (χ1) is 14.2. The van der Waals surface area contributed by atoms with Crippen molar-refractivity contribution in [1.29, 1.82) is 0 Å². The zero-order chi connectivity index (χ0) is 21.4. The summed E-state index contributed by atoms with van der Waals surface area (Å²) in [5.41, 5.74) is 5.40. The predicted octanol–water partition coefficient (Wildman–Crippen LogP) is 4.48. The first-order valence-corrected chi connectivity index (χ1v) is 11.0. The van der Waals surface area contributed by atoms with Crippen molar-refractivity contribution in [1.82, 2.24) is 0 Å². The van der Waals surface area contributed by atoms with Gasteiger partial charge in [-0.15, -0.1) is 11.8 Å². The van der Waals surface area contributed by atoms with Gasteiger partial charge in [0.25, 0.3) is 5.91 Å². The zero-order valence-electron chi connectivity index (χ0n) is 17.8. The molecule has 3 heterocycles. The van der Waals surface area contributed by atoms with Gasteiger partial charge >= 0.3 is 0 Å². The minimum atomic E-state index is -1.09. The quantitative estimate of drug-likeness (QED) is 0.719. The second kappa shape index (κ2) is 6.14. The average molecular weight is 421 g/mol. The molecule has 6 heteroatoms. The van der Waals surface area contributed by atoms with Gasteiger partial charge in [0.1, 0.15) is 5.75 Å². The Morgan fingerprint density at radius 1 is 1.03 bits per heavy atom. The lowest BCUT2D eigenvalue weighted by atomic mass is 9.88. The number of allylic oxidation sites excluding steroid dienone is 1. The number of hydrogen-bond donors (Lipinski definition) is 0. The summed E-state index contributed by atoms with van der Waals surface area (Å²) in [4.78, 5) is 29.8. The van der Waals surface area contributed by atoms with Gasteiger partial charge in [-0.1, -0.05) is 12.1 Å². The van der Waals surface area contributed by atoms with Crippen molar-refractivity contribution in [3.05, 3.63) is 59.2 Å². The van der Waals surface area contributed by atoms with Crippen LogP contribution in [0.3, 0.4) is 0 Å².